The third kappa shape index (κ3) is 3.66. The number of anilines is 1. The van der Waals surface area contributed by atoms with Gasteiger partial charge in [-0.3, -0.25) is 4.79 Å². The van der Waals surface area contributed by atoms with Crippen LogP contribution in [-0.2, 0) is 0 Å². The summed E-state index contributed by atoms with van der Waals surface area (Å²) in [6.45, 7) is 2.75. The Morgan fingerprint density at radius 3 is 2.32 bits per heavy atom. The van der Waals surface area contributed by atoms with Gasteiger partial charge in [0.15, 0.2) is 0 Å². The third-order valence-corrected chi connectivity index (χ3v) is 4.62. The lowest BCUT2D eigenvalue weighted by atomic mass is 10.1. The Morgan fingerprint density at radius 1 is 0.960 bits per heavy atom. The van der Waals surface area contributed by atoms with Crippen LogP contribution in [-0.4, -0.2) is 51.2 Å². The van der Waals surface area contributed by atoms with Crippen molar-refractivity contribution in [2.24, 2.45) is 0 Å². The number of rotatable bonds is 4. The van der Waals surface area contributed by atoms with Crippen molar-refractivity contribution in [2.45, 2.75) is 0 Å². The van der Waals surface area contributed by atoms with Crippen molar-refractivity contribution >= 4 is 23.2 Å². The summed E-state index contributed by atoms with van der Waals surface area (Å²) in [6.07, 6.45) is 0. The number of benzene rings is 2. The summed E-state index contributed by atoms with van der Waals surface area (Å²) < 4.78 is 10.7. The van der Waals surface area contributed by atoms with E-state index >= 15 is 0 Å². The van der Waals surface area contributed by atoms with Gasteiger partial charge in [0.2, 0.25) is 0 Å². The molecule has 1 fully saturated rings. The number of nitrogens with zero attached hydrogens (tertiary/aromatic N) is 2. The molecule has 1 amide bonds. The Balaban J connectivity index is 1.72. The summed E-state index contributed by atoms with van der Waals surface area (Å²) in [7, 11) is 3.23. The molecule has 132 valence electrons. The lowest BCUT2D eigenvalue weighted by molar-refractivity contribution is 0.0743. The molecule has 0 bridgehead atoms. The van der Waals surface area contributed by atoms with Gasteiger partial charge in [0.1, 0.15) is 11.5 Å². The zero-order chi connectivity index (χ0) is 17.8. The molecule has 1 saturated heterocycles. The van der Waals surface area contributed by atoms with Crippen molar-refractivity contribution in [3.63, 3.8) is 0 Å². The molecule has 2 aromatic rings. The van der Waals surface area contributed by atoms with Crippen LogP contribution in [0.5, 0.6) is 11.5 Å². The topological polar surface area (TPSA) is 42.0 Å². The SMILES string of the molecule is COc1ccc(Cl)cc1C(=O)N1CCN(c2ccccc2OC)CC1. The smallest absolute Gasteiger partial charge is 0.257 e. The largest absolute Gasteiger partial charge is 0.496 e. The fourth-order valence-electron chi connectivity index (χ4n) is 3.06. The number of hydrogen-bond donors (Lipinski definition) is 0. The molecule has 0 saturated carbocycles. The number of halogens is 1. The first kappa shape index (κ1) is 17.4. The molecule has 0 radical (unpaired) electrons. The van der Waals surface area contributed by atoms with Crippen molar-refractivity contribution < 1.29 is 14.3 Å². The quantitative estimate of drug-likeness (QED) is 0.838. The van der Waals surface area contributed by atoms with Crippen LogP contribution in [0.15, 0.2) is 42.5 Å². The van der Waals surface area contributed by atoms with Gasteiger partial charge in [-0.15, -0.1) is 0 Å². The van der Waals surface area contributed by atoms with E-state index in [1.165, 1.54) is 0 Å². The monoisotopic (exact) mass is 360 g/mol. The maximum atomic E-state index is 12.8. The molecule has 5 nitrogen and oxygen atoms in total. The van der Waals surface area contributed by atoms with Crippen LogP contribution in [0.2, 0.25) is 5.02 Å². The van der Waals surface area contributed by atoms with Crippen LogP contribution < -0.4 is 14.4 Å². The number of carbonyl (C=O) groups is 1. The molecule has 0 unspecified atom stereocenters. The molecule has 0 atom stereocenters. The van der Waals surface area contributed by atoms with E-state index in [4.69, 9.17) is 21.1 Å². The summed E-state index contributed by atoms with van der Waals surface area (Å²) in [5.74, 6) is 1.33. The van der Waals surface area contributed by atoms with E-state index < -0.39 is 0 Å². The Bertz CT molecular complexity index is 758. The molecule has 1 aliphatic heterocycles. The fraction of sp³-hybridized carbons (Fsp3) is 0.316. The molecular formula is C19H21ClN2O3. The number of piperazine rings is 1. The first-order valence-corrected chi connectivity index (χ1v) is 8.52. The van der Waals surface area contributed by atoms with Crippen molar-refractivity contribution in [3.8, 4) is 11.5 Å². The number of methoxy groups -OCH3 is 2. The average molecular weight is 361 g/mol. The zero-order valence-corrected chi connectivity index (χ0v) is 15.1. The second kappa shape index (κ2) is 7.66. The number of amides is 1. The zero-order valence-electron chi connectivity index (χ0n) is 14.4. The number of hydrogen-bond acceptors (Lipinski definition) is 4. The van der Waals surface area contributed by atoms with E-state index in [0.717, 1.165) is 24.5 Å². The fourth-order valence-corrected chi connectivity index (χ4v) is 3.23. The van der Waals surface area contributed by atoms with E-state index in [0.29, 0.717) is 29.4 Å². The highest BCUT2D eigenvalue weighted by Gasteiger charge is 2.25. The molecule has 0 spiro atoms. The molecule has 0 N–H and O–H groups in total. The van der Waals surface area contributed by atoms with Gasteiger partial charge in [-0.25, -0.2) is 0 Å². The molecule has 2 aromatic carbocycles. The highest BCUT2D eigenvalue weighted by Crippen LogP contribution is 2.29. The normalized spacial score (nSPS) is 14.4. The van der Waals surface area contributed by atoms with Crippen LogP contribution in [0.3, 0.4) is 0 Å². The molecular weight excluding hydrogens is 340 g/mol. The van der Waals surface area contributed by atoms with E-state index in [-0.39, 0.29) is 5.91 Å². The minimum Gasteiger partial charge on any atom is -0.496 e. The minimum atomic E-state index is -0.0565. The molecule has 3 rings (SSSR count). The molecule has 1 heterocycles. The summed E-state index contributed by atoms with van der Waals surface area (Å²) >= 11 is 6.04. The van der Waals surface area contributed by atoms with Gasteiger partial charge in [-0.2, -0.15) is 0 Å². The maximum absolute atomic E-state index is 12.8. The highest BCUT2D eigenvalue weighted by atomic mass is 35.5. The van der Waals surface area contributed by atoms with Gasteiger partial charge >= 0.3 is 0 Å². The summed E-state index contributed by atoms with van der Waals surface area (Å²) in [5, 5.41) is 0.525. The minimum absolute atomic E-state index is 0.0565. The maximum Gasteiger partial charge on any atom is 0.257 e. The molecule has 1 aliphatic rings. The second-order valence-electron chi connectivity index (χ2n) is 5.80. The van der Waals surface area contributed by atoms with E-state index in [2.05, 4.69) is 4.90 Å². The summed E-state index contributed by atoms with van der Waals surface area (Å²) in [6, 6.07) is 13.0. The van der Waals surface area contributed by atoms with Crippen LogP contribution in [0.4, 0.5) is 5.69 Å². The first-order chi connectivity index (χ1) is 12.1. The van der Waals surface area contributed by atoms with Crippen LogP contribution in [0, 0.1) is 0 Å². The van der Waals surface area contributed by atoms with Gasteiger partial charge in [-0.05, 0) is 30.3 Å². The van der Waals surface area contributed by atoms with E-state index in [1.54, 1.807) is 32.4 Å². The predicted molar refractivity (Wildman–Crippen MR) is 99.1 cm³/mol. The predicted octanol–water partition coefficient (Wildman–Crippen LogP) is 3.32. The first-order valence-electron chi connectivity index (χ1n) is 8.15. The Kier molecular flexibility index (Phi) is 5.34. The second-order valence-corrected chi connectivity index (χ2v) is 6.23. The van der Waals surface area contributed by atoms with Crippen LogP contribution in [0.1, 0.15) is 10.4 Å². The lowest BCUT2D eigenvalue weighted by Gasteiger charge is -2.36. The summed E-state index contributed by atoms with van der Waals surface area (Å²) in [4.78, 5) is 16.9. The summed E-state index contributed by atoms with van der Waals surface area (Å²) in [5.41, 5.74) is 1.55. The molecule has 0 aromatic heterocycles. The van der Waals surface area contributed by atoms with Gasteiger partial charge in [-0.1, -0.05) is 23.7 Å². The van der Waals surface area contributed by atoms with Crippen LogP contribution in [0.25, 0.3) is 0 Å². The molecule has 0 aliphatic carbocycles. The van der Waals surface area contributed by atoms with Crippen molar-refractivity contribution in [1.82, 2.24) is 4.90 Å². The van der Waals surface area contributed by atoms with Gasteiger partial charge in [0.05, 0.1) is 25.5 Å². The molecule has 6 heteroatoms. The number of ether oxygens (including phenoxy) is 2. The standard InChI is InChI=1S/C19H21ClN2O3/c1-24-17-8-7-14(20)13-15(17)19(23)22-11-9-21(10-12-22)16-5-3-4-6-18(16)25-2/h3-8,13H,9-12H2,1-2H3. The highest BCUT2D eigenvalue weighted by molar-refractivity contribution is 6.31. The van der Waals surface area contributed by atoms with Gasteiger partial charge in [0, 0.05) is 31.2 Å². The van der Waals surface area contributed by atoms with Gasteiger partial charge < -0.3 is 19.3 Å². The number of carbonyl (C=O) groups excluding carboxylic acids is 1. The van der Waals surface area contributed by atoms with Crippen LogP contribution >= 0.6 is 11.6 Å². The van der Waals surface area contributed by atoms with Crippen molar-refractivity contribution in [3.05, 3.63) is 53.1 Å². The van der Waals surface area contributed by atoms with E-state index in [9.17, 15) is 4.79 Å². The van der Waals surface area contributed by atoms with E-state index in [1.807, 2.05) is 29.2 Å². The third-order valence-electron chi connectivity index (χ3n) is 4.38. The molecule has 25 heavy (non-hydrogen) atoms. The lowest BCUT2D eigenvalue weighted by Crippen LogP contribution is -2.49. The Hall–Kier alpha value is -2.40. The average Bonchev–Trinajstić information content (AvgIpc) is 2.67. The van der Waals surface area contributed by atoms with Crippen molar-refractivity contribution in [2.75, 3.05) is 45.3 Å². The van der Waals surface area contributed by atoms with Gasteiger partial charge in [0.25, 0.3) is 5.91 Å². The Morgan fingerprint density at radius 2 is 1.64 bits per heavy atom. The van der Waals surface area contributed by atoms with Crippen molar-refractivity contribution in [1.29, 1.82) is 0 Å². The number of para-hydroxylation sites is 2. The Labute approximate surface area is 152 Å².